The van der Waals surface area contributed by atoms with Gasteiger partial charge in [-0.2, -0.15) is 0 Å². The van der Waals surface area contributed by atoms with Gasteiger partial charge in [0, 0.05) is 6.42 Å². The van der Waals surface area contributed by atoms with Crippen molar-refractivity contribution in [1.29, 1.82) is 0 Å². The lowest BCUT2D eigenvalue weighted by molar-refractivity contribution is -0.379. The van der Waals surface area contributed by atoms with Crippen LogP contribution in [0.15, 0.2) is 24.3 Å². The molecule has 0 saturated carbocycles. The lowest BCUT2D eigenvalue weighted by Crippen LogP contribution is -2.66. The van der Waals surface area contributed by atoms with Crippen molar-refractivity contribution < 1.29 is 89.4 Å². The third kappa shape index (κ3) is 37.6. The fourth-order valence-corrected chi connectivity index (χ4v) is 13.3. The highest BCUT2D eigenvalue weighted by Gasteiger charge is 2.53. The minimum Gasteiger partial charge on any atom is -0.394 e. The van der Waals surface area contributed by atoms with Crippen LogP contribution in [0.3, 0.4) is 0 Å². The van der Waals surface area contributed by atoms with Crippen molar-refractivity contribution in [3.8, 4) is 0 Å². The second kappa shape index (κ2) is 57.0. The van der Waals surface area contributed by atoms with E-state index < -0.39 is 124 Å². The number of ether oxygens (including phenoxy) is 6. The van der Waals surface area contributed by atoms with Crippen molar-refractivity contribution in [2.24, 2.45) is 0 Å². The van der Waals surface area contributed by atoms with Gasteiger partial charge in [0.1, 0.15) is 73.2 Å². The fraction of sp³-hybridized carbons (Fsp3) is 0.933. The first-order valence-electron chi connectivity index (χ1n) is 38.6. The number of amides is 1. The van der Waals surface area contributed by atoms with Crippen LogP contribution >= 0.6 is 0 Å². The molecule has 554 valence electrons. The summed E-state index contributed by atoms with van der Waals surface area (Å²) in [6.45, 7) is 1.77. The van der Waals surface area contributed by atoms with Crippen LogP contribution in [0.25, 0.3) is 0 Å². The monoisotopic (exact) mass is 1340 g/mol. The van der Waals surface area contributed by atoms with Crippen molar-refractivity contribution in [2.45, 2.75) is 420 Å². The van der Waals surface area contributed by atoms with Crippen LogP contribution in [0, 0.1) is 0 Å². The van der Waals surface area contributed by atoms with Gasteiger partial charge in [-0.15, -0.1) is 0 Å². The molecule has 19 heteroatoms. The van der Waals surface area contributed by atoms with E-state index in [0.29, 0.717) is 12.8 Å². The highest BCUT2D eigenvalue weighted by atomic mass is 16.8. The molecule has 19 nitrogen and oxygen atoms in total. The zero-order valence-electron chi connectivity index (χ0n) is 59.0. The number of aliphatic hydroxyl groups is 11. The molecular formula is C75H141NO18. The smallest absolute Gasteiger partial charge is 0.220 e. The number of nitrogens with one attached hydrogen (secondary N) is 1. The number of carbonyl (C=O) groups excluding carboxylic acids is 1. The van der Waals surface area contributed by atoms with E-state index in [1.165, 1.54) is 244 Å². The number of allylic oxidation sites excluding steroid dienone is 3. The van der Waals surface area contributed by atoms with Crippen LogP contribution < -0.4 is 5.32 Å². The van der Waals surface area contributed by atoms with Gasteiger partial charge in [0.05, 0.1) is 38.6 Å². The van der Waals surface area contributed by atoms with Crippen LogP contribution in [-0.2, 0) is 33.2 Å². The highest BCUT2D eigenvalue weighted by Crippen LogP contribution is 2.33. The van der Waals surface area contributed by atoms with Gasteiger partial charge in [0.15, 0.2) is 18.9 Å². The molecule has 0 spiro atoms. The Labute approximate surface area is 568 Å². The summed E-state index contributed by atoms with van der Waals surface area (Å²) < 4.78 is 34.4. The van der Waals surface area contributed by atoms with Gasteiger partial charge >= 0.3 is 0 Å². The van der Waals surface area contributed by atoms with Gasteiger partial charge in [-0.05, 0) is 32.1 Å². The van der Waals surface area contributed by atoms with E-state index in [9.17, 15) is 61.0 Å². The summed E-state index contributed by atoms with van der Waals surface area (Å²) in [4.78, 5) is 13.4. The van der Waals surface area contributed by atoms with E-state index in [4.69, 9.17) is 28.4 Å². The van der Waals surface area contributed by atoms with Crippen LogP contribution in [0.5, 0.6) is 0 Å². The molecule has 0 aliphatic carbocycles. The molecule has 1 amide bonds. The van der Waals surface area contributed by atoms with Crippen LogP contribution in [0.1, 0.15) is 316 Å². The van der Waals surface area contributed by atoms with E-state index >= 15 is 0 Å². The average molecular weight is 1340 g/mol. The Balaban J connectivity index is 1.41. The Bertz CT molecular complexity index is 1800. The molecule has 0 aromatic rings. The number of rotatable bonds is 61. The van der Waals surface area contributed by atoms with Gasteiger partial charge in [0.25, 0.3) is 0 Å². The largest absolute Gasteiger partial charge is 0.394 e. The molecule has 3 rings (SSSR count). The molecule has 0 radical (unpaired) electrons. The standard InChI is InChI=1S/C75H141NO18/c1-3-5-7-9-11-13-15-17-19-21-23-25-27-28-29-31-33-35-37-39-41-43-45-47-49-51-53-63(81)76-58(59(80)52-50-48-46-44-42-40-38-36-34-32-30-26-24-22-20-18-16-14-12-10-8-6-4-2)57-89-73-69(87)66(84)71(61(55-78)91-73)94-75-70(88)67(85)72(62(56-79)92-75)93-74-68(86)65(83)64(82)60(54-77)90-74/h42,44,50,52,58-62,64-75,77-80,82-88H,3-41,43,45-49,51,53-57H2,1-2H3,(H,76,81)/b44-42+,52-50+. The predicted octanol–water partition coefficient (Wildman–Crippen LogP) is 11.8. The van der Waals surface area contributed by atoms with E-state index in [0.717, 1.165) is 38.5 Å². The van der Waals surface area contributed by atoms with E-state index in [1.807, 2.05) is 6.08 Å². The topological polar surface area (TPSA) is 307 Å². The maximum absolute atomic E-state index is 13.4. The summed E-state index contributed by atoms with van der Waals surface area (Å²) in [6.07, 6.45) is 40.2. The van der Waals surface area contributed by atoms with Crippen molar-refractivity contribution in [3.05, 3.63) is 24.3 Å². The summed E-state index contributed by atoms with van der Waals surface area (Å²) in [5.41, 5.74) is 0. The molecule has 0 aromatic carbocycles. The molecule has 94 heavy (non-hydrogen) atoms. The maximum atomic E-state index is 13.4. The summed E-state index contributed by atoms with van der Waals surface area (Å²) >= 11 is 0. The van der Waals surface area contributed by atoms with Crippen LogP contribution in [0.4, 0.5) is 0 Å². The fourth-order valence-electron chi connectivity index (χ4n) is 13.3. The zero-order valence-corrected chi connectivity index (χ0v) is 59.0. The first kappa shape index (κ1) is 86.5. The molecule has 3 heterocycles. The van der Waals surface area contributed by atoms with E-state index in [-0.39, 0.29) is 18.9 Å². The predicted molar refractivity (Wildman–Crippen MR) is 370 cm³/mol. The molecule has 3 fully saturated rings. The maximum Gasteiger partial charge on any atom is 0.220 e. The van der Waals surface area contributed by atoms with Gasteiger partial charge in [0.2, 0.25) is 5.91 Å². The Morgan fingerprint density at radius 2 is 0.681 bits per heavy atom. The SMILES string of the molecule is CCCCCCCCCCCCCCCCCCC/C=C/CC/C=C/C(O)C(COC1OC(CO)C(OC2OC(CO)C(OC3OC(CO)C(O)C(O)C3O)C(O)C2O)C(O)C1O)NC(=O)CCCCCCCCCCCCCCCCCCCCCCCCCCCC. The third-order valence-corrected chi connectivity index (χ3v) is 19.5. The molecule has 3 aliphatic rings. The van der Waals surface area contributed by atoms with Gasteiger partial charge in [-0.1, -0.05) is 301 Å². The molecular weight excluding hydrogens is 1200 g/mol. The Kier molecular flexibility index (Phi) is 52.4. The van der Waals surface area contributed by atoms with Gasteiger partial charge < -0.3 is 89.9 Å². The van der Waals surface area contributed by atoms with Crippen molar-refractivity contribution >= 4 is 5.91 Å². The summed E-state index contributed by atoms with van der Waals surface area (Å²) in [6, 6.07) is -0.988. The minimum absolute atomic E-state index is 0.241. The lowest BCUT2D eigenvalue weighted by Gasteiger charge is -2.48. The summed E-state index contributed by atoms with van der Waals surface area (Å²) in [5.74, 6) is -0.278. The number of hydrogen-bond donors (Lipinski definition) is 12. The van der Waals surface area contributed by atoms with Crippen molar-refractivity contribution in [3.63, 3.8) is 0 Å². The quantitative estimate of drug-likeness (QED) is 0.0199. The van der Waals surface area contributed by atoms with Crippen molar-refractivity contribution in [2.75, 3.05) is 26.4 Å². The molecule has 3 aliphatic heterocycles. The Hall–Kier alpha value is -1.73. The first-order chi connectivity index (χ1) is 45.8. The van der Waals surface area contributed by atoms with E-state index in [2.05, 4.69) is 31.3 Å². The summed E-state index contributed by atoms with van der Waals surface area (Å²) in [5, 5.41) is 121. The first-order valence-corrected chi connectivity index (χ1v) is 38.6. The third-order valence-electron chi connectivity index (χ3n) is 19.5. The molecule has 0 aromatic heterocycles. The normalized spacial score (nSPS) is 27.4. The summed E-state index contributed by atoms with van der Waals surface area (Å²) in [7, 11) is 0. The second-order valence-electron chi connectivity index (χ2n) is 27.8. The highest BCUT2D eigenvalue weighted by molar-refractivity contribution is 5.76. The molecule has 0 bridgehead atoms. The number of carbonyl (C=O) groups is 1. The second-order valence-corrected chi connectivity index (χ2v) is 27.8. The Morgan fingerprint density at radius 3 is 1.06 bits per heavy atom. The molecule has 17 unspecified atom stereocenters. The molecule has 3 saturated heterocycles. The van der Waals surface area contributed by atoms with Crippen molar-refractivity contribution in [1.82, 2.24) is 5.32 Å². The number of aliphatic hydroxyl groups excluding tert-OH is 11. The zero-order chi connectivity index (χ0) is 68.2. The van der Waals surface area contributed by atoms with Gasteiger partial charge in [-0.25, -0.2) is 0 Å². The minimum atomic E-state index is -1.98. The average Bonchev–Trinajstić information content (AvgIpc) is 0.787. The van der Waals surface area contributed by atoms with Crippen LogP contribution in [-0.4, -0.2) is 193 Å². The van der Waals surface area contributed by atoms with Gasteiger partial charge in [-0.3, -0.25) is 4.79 Å². The number of hydrogen-bond acceptors (Lipinski definition) is 18. The van der Waals surface area contributed by atoms with E-state index in [1.54, 1.807) is 6.08 Å². The Morgan fingerprint density at radius 1 is 0.372 bits per heavy atom. The van der Waals surface area contributed by atoms with Crippen LogP contribution in [0.2, 0.25) is 0 Å². The number of unbranched alkanes of at least 4 members (excludes halogenated alkanes) is 43. The molecule has 12 N–H and O–H groups in total. The lowest BCUT2D eigenvalue weighted by atomic mass is 9.96. The molecule has 17 atom stereocenters.